The highest BCUT2D eigenvalue weighted by Crippen LogP contribution is 2.24. The minimum absolute atomic E-state index is 0.279. The number of carbonyl (C=O) groups is 2. The molecule has 1 heterocycles. The molecule has 2 amide bonds. The Balaban J connectivity index is 1.67. The highest BCUT2D eigenvalue weighted by atomic mass is 35.5. The molecule has 1 aromatic heterocycles. The molecule has 3 aromatic rings. The van der Waals surface area contributed by atoms with Crippen molar-refractivity contribution in [2.45, 2.75) is 6.92 Å². The second-order valence-corrected chi connectivity index (χ2v) is 6.18. The minimum atomic E-state index is -0.533. The summed E-state index contributed by atoms with van der Waals surface area (Å²) >= 11 is 6.35. The standard InChI is InChI=1S/C20H16ClFN4O2/c1-13-17(19(21)26(25-13)16-9-7-15(22)8-10-16)11-12-18(27)23-24-20(28)14-5-3-2-4-6-14/h2-12H,1H3,(H,23,27)(H,24,28)/b12-11+. The van der Waals surface area contributed by atoms with E-state index in [1.165, 1.54) is 29.0 Å². The molecular weight excluding hydrogens is 383 g/mol. The first-order valence-corrected chi connectivity index (χ1v) is 8.68. The van der Waals surface area contributed by atoms with Gasteiger partial charge in [0.25, 0.3) is 11.8 Å². The number of hydrazine groups is 1. The van der Waals surface area contributed by atoms with E-state index in [0.29, 0.717) is 22.5 Å². The molecule has 0 saturated heterocycles. The van der Waals surface area contributed by atoms with Crippen LogP contribution in [0.3, 0.4) is 0 Å². The molecular formula is C20H16ClFN4O2. The maximum absolute atomic E-state index is 13.1. The fourth-order valence-corrected chi connectivity index (χ4v) is 2.77. The van der Waals surface area contributed by atoms with E-state index in [1.807, 2.05) is 0 Å². The topological polar surface area (TPSA) is 76.0 Å². The molecule has 0 aliphatic heterocycles. The van der Waals surface area contributed by atoms with Crippen LogP contribution in [-0.4, -0.2) is 21.6 Å². The summed E-state index contributed by atoms with van der Waals surface area (Å²) in [5.41, 5.74) is 6.76. The molecule has 0 spiro atoms. The van der Waals surface area contributed by atoms with Crippen molar-refractivity contribution in [2.75, 3.05) is 0 Å². The van der Waals surface area contributed by atoms with Crippen LogP contribution in [-0.2, 0) is 4.79 Å². The van der Waals surface area contributed by atoms with Crippen LogP contribution >= 0.6 is 11.6 Å². The van der Waals surface area contributed by atoms with E-state index in [1.54, 1.807) is 49.4 Å². The number of hydrogen-bond acceptors (Lipinski definition) is 3. The van der Waals surface area contributed by atoms with Crippen molar-refractivity contribution in [2.24, 2.45) is 0 Å². The lowest BCUT2D eigenvalue weighted by Gasteiger charge is -2.05. The summed E-state index contributed by atoms with van der Waals surface area (Å²) in [5.74, 6) is -1.33. The van der Waals surface area contributed by atoms with E-state index in [4.69, 9.17) is 11.6 Å². The largest absolute Gasteiger partial charge is 0.269 e. The Bertz CT molecular complexity index is 1030. The van der Waals surface area contributed by atoms with Gasteiger partial charge in [-0.05, 0) is 49.4 Å². The van der Waals surface area contributed by atoms with Gasteiger partial charge in [0.15, 0.2) is 0 Å². The highest BCUT2D eigenvalue weighted by Gasteiger charge is 2.13. The number of carbonyl (C=O) groups excluding carboxylic acids is 2. The average molecular weight is 399 g/mol. The third-order valence-corrected chi connectivity index (χ3v) is 4.22. The molecule has 0 bridgehead atoms. The van der Waals surface area contributed by atoms with Crippen molar-refractivity contribution in [3.63, 3.8) is 0 Å². The highest BCUT2D eigenvalue weighted by molar-refractivity contribution is 6.31. The number of nitrogens with zero attached hydrogens (tertiary/aromatic N) is 2. The van der Waals surface area contributed by atoms with Crippen molar-refractivity contribution in [3.8, 4) is 5.69 Å². The summed E-state index contributed by atoms with van der Waals surface area (Å²) in [5, 5.41) is 4.59. The lowest BCUT2D eigenvalue weighted by atomic mass is 10.2. The van der Waals surface area contributed by atoms with Gasteiger partial charge in [-0.3, -0.25) is 20.4 Å². The third-order valence-electron chi connectivity index (χ3n) is 3.86. The monoisotopic (exact) mass is 398 g/mol. The summed E-state index contributed by atoms with van der Waals surface area (Å²) in [6, 6.07) is 14.2. The first-order valence-electron chi connectivity index (χ1n) is 8.30. The fraction of sp³-hybridized carbons (Fsp3) is 0.0500. The molecule has 0 aliphatic rings. The third kappa shape index (κ3) is 4.44. The number of benzene rings is 2. The second-order valence-electron chi connectivity index (χ2n) is 5.82. The molecule has 2 aromatic carbocycles. The Labute approximate surface area is 165 Å². The zero-order valence-electron chi connectivity index (χ0n) is 14.8. The fourth-order valence-electron chi connectivity index (χ4n) is 2.43. The smallest absolute Gasteiger partial charge is 0.268 e. The molecule has 0 atom stereocenters. The molecule has 0 fully saturated rings. The molecule has 2 N–H and O–H groups in total. The van der Waals surface area contributed by atoms with Crippen molar-refractivity contribution >= 4 is 29.5 Å². The van der Waals surface area contributed by atoms with Crippen LogP contribution in [0, 0.1) is 12.7 Å². The minimum Gasteiger partial charge on any atom is -0.268 e. The van der Waals surface area contributed by atoms with Gasteiger partial charge in [0.2, 0.25) is 0 Å². The number of aromatic nitrogens is 2. The van der Waals surface area contributed by atoms with Crippen LogP contribution in [0.5, 0.6) is 0 Å². The van der Waals surface area contributed by atoms with Gasteiger partial charge in [0.05, 0.1) is 11.4 Å². The van der Waals surface area contributed by atoms with E-state index in [9.17, 15) is 14.0 Å². The van der Waals surface area contributed by atoms with Crippen LogP contribution in [0.25, 0.3) is 11.8 Å². The van der Waals surface area contributed by atoms with Crippen LogP contribution in [0.4, 0.5) is 4.39 Å². The van der Waals surface area contributed by atoms with Crippen LogP contribution in [0.2, 0.25) is 5.15 Å². The SMILES string of the molecule is Cc1nn(-c2ccc(F)cc2)c(Cl)c1/C=C/C(=O)NNC(=O)c1ccccc1. The molecule has 28 heavy (non-hydrogen) atoms. The maximum Gasteiger partial charge on any atom is 0.269 e. The van der Waals surface area contributed by atoms with Crippen molar-refractivity contribution in [1.82, 2.24) is 20.6 Å². The Morgan fingerprint density at radius 1 is 1.07 bits per heavy atom. The molecule has 0 saturated carbocycles. The van der Waals surface area contributed by atoms with Gasteiger partial charge in [-0.25, -0.2) is 9.07 Å². The molecule has 3 rings (SSSR count). The number of aryl methyl sites for hydroxylation is 1. The summed E-state index contributed by atoms with van der Waals surface area (Å²) in [7, 11) is 0. The van der Waals surface area contributed by atoms with Crippen LogP contribution in [0.1, 0.15) is 21.6 Å². The maximum atomic E-state index is 13.1. The van der Waals surface area contributed by atoms with Crippen LogP contribution < -0.4 is 10.9 Å². The van der Waals surface area contributed by atoms with Gasteiger partial charge in [-0.1, -0.05) is 29.8 Å². The molecule has 142 valence electrons. The van der Waals surface area contributed by atoms with Crippen molar-refractivity contribution in [1.29, 1.82) is 0 Å². The quantitative estimate of drug-likeness (QED) is 0.522. The van der Waals surface area contributed by atoms with Crippen LogP contribution in [0.15, 0.2) is 60.7 Å². The molecule has 0 radical (unpaired) electrons. The van der Waals surface area contributed by atoms with Gasteiger partial charge in [-0.2, -0.15) is 5.10 Å². The average Bonchev–Trinajstić information content (AvgIpc) is 2.99. The van der Waals surface area contributed by atoms with E-state index < -0.39 is 11.8 Å². The number of rotatable bonds is 4. The first kappa shape index (κ1) is 19.3. The summed E-state index contributed by atoms with van der Waals surface area (Å²) < 4.78 is 14.5. The van der Waals surface area contributed by atoms with E-state index in [0.717, 1.165) is 0 Å². The predicted octanol–water partition coefficient (Wildman–Crippen LogP) is 3.45. The zero-order chi connectivity index (χ0) is 20.1. The molecule has 0 aliphatic carbocycles. The summed E-state index contributed by atoms with van der Waals surface area (Å²) in [6.07, 6.45) is 2.73. The first-order chi connectivity index (χ1) is 13.5. The number of halogens is 2. The number of amides is 2. The molecule has 0 unspecified atom stereocenters. The van der Waals surface area contributed by atoms with Crippen molar-refractivity contribution in [3.05, 3.63) is 88.5 Å². The normalized spacial score (nSPS) is 10.8. The lowest BCUT2D eigenvalue weighted by Crippen LogP contribution is -2.40. The second kappa shape index (κ2) is 8.49. The summed E-state index contributed by atoms with van der Waals surface area (Å²) in [4.78, 5) is 23.9. The number of hydrogen-bond donors (Lipinski definition) is 2. The van der Waals surface area contributed by atoms with Gasteiger partial charge in [0.1, 0.15) is 11.0 Å². The Morgan fingerprint density at radius 2 is 1.75 bits per heavy atom. The van der Waals surface area contributed by atoms with Gasteiger partial charge in [-0.15, -0.1) is 0 Å². The van der Waals surface area contributed by atoms with Gasteiger partial charge < -0.3 is 0 Å². The van der Waals surface area contributed by atoms with E-state index >= 15 is 0 Å². The Morgan fingerprint density at radius 3 is 2.43 bits per heavy atom. The molecule has 6 nitrogen and oxygen atoms in total. The van der Waals surface area contributed by atoms with Crippen molar-refractivity contribution < 1.29 is 14.0 Å². The lowest BCUT2D eigenvalue weighted by molar-refractivity contribution is -0.117. The predicted molar refractivity (Wildman–Crippen MR) is 104 cm³/mol. The number of nitrogens with one attached hydrogen (secondary N) is 2. The van der Waals surface area contributed by atoms with Gasteiger partial charge >= 0.3 is 0 Å². The molecule has 8 heteroatoms. The Kier molecular flexibility index (Phi) is 5.86. The van der Waals surface area contributed by atoms with E-state index in [-0.39, 0.29) is 11.0 Å². The van der Waals surface area contributed by atoms with Gasteiger partial charge in [0, 0.05) is 17.2 Å². The summed E-state index contributed by atoms with van der Waals surface area (Å²) in [6.45, 7) is 1.74. The zero-order valence-corrected chi connectivity index (χ0v) is 15.6. The van der Waals surface area contributed by atoms with E-state index in [2.05, 4.69) is 16.0 Å². The Hall–Kier alpha value is -3.45.